The third-order valence-electron chi connectivity index (χ3n) is 3.69. The van der Waals surface area contributed by atoms with Crippen LogP contribution < -0.4 is 10.1 Å². The smallest absolute Gasteiger partial charge is 0.265 e. The van der Waals surface area contributed by atoms with E-state index in [1.165, 1.54) is 23.1 Å². The molecule has 0 bridgehead atoms. The van der Waals surface area contributed by atoms with E-state index in [1.54, 1.807) is 18.2 Å². The summed E-state index contributed by atoms with van der Waals surface area (Å²) in [6.07, 6.45) is 0. The molecule has 0 aliphatic heterocycles. The van der Waals surface area contributed by atoms with Crippen LogP contribution in [0, 0.1) is 0 Å². The molecule has 6 heteroatoms. The number of nitrogens with one attached hydrogen (secondary N) is 1. The second kappa shape index (κ2) is 9.39. The lowest BCUT2D eigenvalue weighted by Crippen LogP contribution is -2.10. The van der Waals surface area contributed by atoms with Gasteiger partial charge in [-0.1, -0.05) is 12.1 Å². The maximum Gasteiger partial charge on any atom is 0.265 e. The molecule has 0 radical (unpaired) electrons. The molecule has 1 N–H and O–H groups in total. The molecule has 27 heavy (non-hydrogen) atoms. The first kappa shape index (κ1) is 19.2. The molecule has 1 heterocycles. The summed E-state index contributed by atoms with van der Waals surface area (Å²) in [6, 6.07) is 18.3. The number of benzene rings is 2. The Kier molecular flexibility index (Phi) is 6.68. The summed E-state index contributed by atoms with van der Waals surface area (Å²) in [5, 5.41) is 4.75. The van der Waals surface area contributed by atoms with Crippen LogP contribution >= 0.6 is 23.1 Å². The Morgan fingerprint density at radius 1 is 1.07 bits per heavy atom. The van der Waals surface area contributed by atoms with E-state index in [0.717, 1.165) is 10.6 Å². The van der Waals surface area contributed by atoms with Crippen LogP contribution in [0.2, 0.25) is 0 Å². The minimum atomic E-state index is -0.127. The van der Waals surface area contributed by atoms with Gasteiger partial charge in [-0.15, -0.1) is 23.1 Å². The maximum atomic E-state index is 12.4. The molecule has 0 saturated carbocycles. The van der Waals surface area contributed by atoms with Crippen molar-refractivity contribution in [1.82, 2.24) is 0 Å². The minimum absolute atomic E-state index is 0.0519. The SMILES string of the molecule is CCOc1ccc(C(=O)CSc2cccc(NC(=O)c3cccs3)c2)cc1. The molecule has 1 aromatic heterocycles. The molecule has 0 fully saturated rings. The first-order valence-corrected chi connectivity index (χ1v) is 10.4. The summed E-state index contributed by atoms with van der Waals surface area (Å²) in [5.41, 5.74) is 1.38. The summed E-state index contributed by atoms with van der Waals surface area (Å²) in [5.74, 6) is 1.01. The van der Waals surface area contributed by atoms with Gasteiger partial charge in [0.1, 0.15) is 5.75 Å². The number of hydrogen-bond donors (Lipinski definition) is 1. The second-order valence-electron chi connectivity index (χ2n) is 5.63. The van der Waals surface area contributed by atoms with E-state index in [-0.39, 0.29) is 11.7 Å². The molecule has 1 amide bonds. The Balaban J connectivity index is 1.57. The van der Waals surface area contributed by atoms with E-state index < -0.39 is 0 Å². The minimum Gasteiger partial charge on any atom is -0.494 e. The number of Topliss-reactive ketones (excluding diaryl/α,β-unsaturated/α-hetero) is 1. The highest BCUT2D eigenvalue weighted by atomic mass is 32.2. The summed E-state index contributed by atoms with van der Waals surface area (Å²) in [4.78, 5) is 26.1. The van der Waals surface area contributed by atoms with Crippen molar-refractivity contribution in [2.45, 2.75) is 11.8 Å². The number of carbonyl (C=O) groups is 2. The van der Waals surface area contributed by atoms with E-state index in [9.17, 15) is 9.59 Å². The largest absolute Gasteiger partial charge is 0.494 e. The lowest BCUT2D eigenvalue weighted by molar-refractivity contribution is 0.101. The molecule has 4 nitrogen and oxygen atoms in total. The first-order valence-electron chi connectivity index (χ1n) is 8.49. The summed E-state index contributed by atoms with van der Waals surface area (Å²) < 4.78 is 5.39. The second-order valence-corrected chi connectivity index (χ2v) is 7.62. The molecule has 3 rings (SSSR count). The van der Waals surface area contributed by atoms with Gasteiger partial charge in [0, 0.05) is 16.1 Å². The van der Waals surface area contributed by atoms with Crippen LogP contribution in [-0.4, -0.2) is 24.1 Å². The Bertz CT molecular complexity index is 905. The zero-order chi connectivity index (χ0) is 19.1. The molecule has 138 valence electrons. The average Bonchev–Trinajstić information content (AvgIpc) is 3.22. The van der Waals surface area contributed by atoms with Crippen LogP contribution in [0.5, 0.6) is 5.75 Å². The predicted molar refractivity (Wildman–Crippen MR) is 111 cm³/mol. The maximum absolute atomic E-state index is 12.4. The zero-order valence-electron chi connectivity index (χ0n) is 14.8. The number of carbonyl (C=O) groups excluding carboxylic acids is 2. The summed E-state index contributed by atoms with van der Waals surface area (Å²) in [6.45, 7) is 2.52. The number of ether oxygens (including phenoxy) is 1. The average molecular weight is 398 g/mol. The quantitative estimate of drug-likeness (QED) is 0.410. The number of ketones is 1. The lowest BCUT2D eigenvalue weighted by atomic mass is 10.1. The van der Waals surface area contributed by atoms with Gasteiger partial charge < -0.3 is 10.1 Å². The summed E-state index contributed by atoms with van der Waals surface area (Å²) >= 11 is 2.85. The third kappa shape index (κ3) is 5.45. The number of rotatable bonds is 8. The van der Waals surface area contributed by atoms with Crippen LogP contribution in [0.1, 0.15) is 27.0 Å². The highest BCUT2D eigenvalue weighted by molar-refractivity contribution is 8.00. The molecular formula is C21H19NO3S2. The van der Waals surface area contributed by atoms with Gasteiger partial charge in [0.25, 0.3) is 5.91 Å². The van der Waals surface area contributed by atoms with Gasteiger partial charge >= 0.3 is 0 Å². The van der Waals surface area contributed by atoms with Crippen molar-refractivity contribution in [2.24, 2.45) is 0 Å². The van der Waals surface area contributed by atoms with Crippen molar-refractivity contribution < 1.29 is 14.3 Å². The standard InChI is InChI=1S/C21H19NO3S2/c1-2-25-17-10-8-15(9-11-17)19(23)14-27-18-6-3-5-16(13-18)22-21(24)20-7-4-12-26-20/h3-13H,2,14H2,1H3,(H,22,24). The van der Waals surface area contributed by atoms with Crippen LogP contribution in [0.15, 0.2) is 70.9 Å². The Morgan fingerprint density at radius 2 is 1.89 bits per heavy atom. The molecule has 0 aliphatic rings. The van der Waals surface area contributed by atoms with Crippen LogP contribution in [0.4, 0.5) is 5.69 Å². The number of amides is 1. The van der Waals surface area contributed by atoms with Crippen molar-refractivity contribution >= 4 is 40.5 Å². The van der Waals surface area contributed by atoms with Gasteiger partial charge in [-0.25, -0.2) is 0 Å². The number of anilines is 1. The van der Waals surface area contributed by atoms with Crippen LogP contribution in [-0.2, 0) is 0 Å². The molecule has 0 saturated heterocycles. The highest BCUT2D eigenvalue weighted by Crippen LogP contribution is 2.24. The summed E-state index contributed by atoms with van der Waals surface area (Å²) in [7, 11) is 0. The molecule has 0 unspecified atom stereocenters. The van der Waals surface area contributed by atoms with Gasteiger partial charge in [0.15, 0.2) is 5.78 Å². The van der Waals surface area contributed by atoms with E-state index in [0.29, 0.717) is 28.5 Å². The van der Waals surface area contributed by atoms with Gasteiger partial charge in [-0.05, 0) is 60.8 Å². The molecule has 3 aromatic rings. The normalized spacial score (nSPS) is 10.4. The first-order chi connectivity index (χ1) is 13.2. The topological polar surface area (TPSA) is 55.4 Å². The van der Waals surface area contributed by atoms with E-state index in [1.807, 2.05) is 54.8 Å². The zero-order valence-corrected chi connectivity index (χ0v) is 16.4. The molecule has 0 spiro atoms. The predicted octanol–water partition coefficient (Wildman–Crippen LogP) is 5.37. The highest BCUT2D eigenvalue weighted by Gasteiger charge is 2.09. The lowest BCUT2D eigenvalue weighted by Gasteiger charge is -2.07. The molecule has 2 aromatic carbocycles. The molecule has 0 aliphatic carbocycles. The van der Waals surface area contributed by atoms with Gasteiger partial charge in [-0.2, -0.15) is 0 Å². The molecule has 0 atom stereocenters. The Hall–Kier alpha value is -2.57. The fourth-order valence-corrected chi connectivity index (χ4v) is 3.87. The Labute approximate surface area is 166 Å². The van der Waals surface area contributed by atoms with Gasteiger partial charge in [-0.3, -0.25) is 9.59 Å². The Morgan fingerprint density at radius 3 is 2.59 bits per heavy atom. The van der Waals surface area contributed by atoms with Crippen LogP contribution in [0.3, 0.4) is 0 Å². The number of thiophene rings is 1. The van der Waals surface area contributed by atoms with Crippen molar-refractivity contribution in [1.29, 1.82) is 0 Å². The van der Waals surface area contributed by atoms with E-state index >= 15 is 0 Å². The van der Waals surface area contributed by atoms with Gasteiger partial charge in [0.05, 0.1) is 17.2 Å². The van der Waals surface area contributed by atoms with Crippen molar-refractivity contribution in [2.75, 3.05) is 17.7 Å². The fraction of sp³-hybridized carbons (Fsp3) is 0.143. The van der Waals surface area contributed by atoms with Crippen molar-refractivity contribution in [3.05, 3.63) is 76.5 Å². The van der Waals surface area contributed by atoms with Gasteiger partial charge in [0.2, 0.25) is 0 Å². The van der Waals surface area contributed by atoms with Crippen LogP contribution in [0.25, 0.3) is 0 Å². The fourth-order valence-electron chi connectivity index (χ4n) is 2.40. The van der Waals surface area contributed by atoms with E-state index in [2.05, 4.69) is 5.32 Å². The third-order valence-corrected chi connectivity index (χ3v) is 5.56. The van der Waals surface area contributed by atoms with Crippen molar-refractivity contribution in [3.8, 4) is 5.75 Å². The van der Waals surface area contributed by atoms with Crippen molar-refractivity contribution in [3.63, 3.8) is 0 Å². The monoisotopic (exact) mass is 397 g/mol. The van der Waals surface area contributed by atoms with E-state index in [4.69, 9.17) is 4.74 Å². The molecular weight excluding hydrogens is 378 g/mol. The number of hydrogen-bond acceptors (Lipinski definition) is 5. The number of thioether (sulfide) groups is 1.